The third-order valence-electron chi connectivity index (χ3n) is 5.31. The highest BCUT2D eigenvalue weighted by atomic mass is 32.2. The van der Waals surface area contributed by atoms with Gasteiger partial charge in [-0.15, -0.1) is 0 Å². The molecule has 0 unspecified atom stereocenters. The fraction of sp³-hybridized carbons (Fsp3) is 0.167. The van der Waals surface area contributed by atoms with Gasteiger partial charge < -0.3 is 14.2 Å². The van der Waals surface area contributed by atoms with Crippen LogP contribution in [0.25, 0.3) is 0 Å². The molecule has 170 valence electrons. The number of hydrogen-bond acceptors (Lipinski definition) is 7. The van der Waals surface area contributed by atoms with Crippen molar-refractivity contribution < 1.29 is 32.2 Å². The number of carbonyl (C=O) groups is 2. The van der Waals surface area contributed by atoms with Gasteiger partial charge in [0.2, 0.25) is 0 Å². The Morgan fingerprint density at radius 2 is 1.64 bits per heavy atom. The van der Waals surface area contributed by atoms with Crippen LogP contribution in [0.1, 0.15) is 26.3 Å². The lowest BCUT2D eigenvalue weighted by Gasteiger charge is -2.20. The van der Waals surface area contributed by atoms with E-state index in [1.165, 1.54) is 61.0 Å². The van der Waals surface area contributed by atoms with Gasteiger partial charge in [0.15, 0.2) is 0 Å². The van der Waals surface area contributed by atoms with Gasteiger partial charge in [-0.25, -0.2) is 18.0 Å². The monoisotopic (exact) mass is 467 g/mol. The molecule has 0 bridgehead atoms. The molecule has 0 atom stereocenters. The van der Waals surface area contributed by atoms with Crippen molar-refractivity contribution >= 4 is 27.6 Å². The molecule has 0 aliphatic carbocycles. The minimum atomic E-state index is -3.91. The Kier molecular flexibility index (Phi) is 6.06. The molecule has 0 saturated carbocycles. The number of fused-ring (bicyclic) bond motifs is 1. The fourth-order valence-electron chi connectivity index (χ4n) is 3.63. The van der Waals surface area contributed by atoms with Crippen LogP contribution in [0.3, 0.4) is 0 Å². The zero-order valence-corrected chi connectivity index (χ0v) is 18.8. The Bertz CT molecular complexity index is 1320. The van der Waals surface area contributed by atoms with E-state index < -0.39 is 22.0 Å². The highest BCUT2D eigenvalue weighted by Gasteiger charge is 2.32. The third kappa shape index (κ3) is 4.27. The lowest BCUT2D eigenvalue weighted by Crippen LogP contribution is -2.29. The minimum Gasteiger partial charge on any atom is -0.496 e. The van der Waals surface area contributed by atoms with Gasteiger partial charge in [0.25, 0.3) is 10.0 Å². The number of esters is 2. The van der Waals surface area contributed by atoms with Gasteiger partial charge in [-0.05, 0) is 60.5 Å². The summed E-state index contributed by atoms with van der Waals surface area (Å²) in [6, 6.07) is 17.2. The van der Waals surface area contributed by atoms with Crippen LogP contribution in [0, 0.1) is 0 Å². The zero-order chi connectivity index (χ0) is 23.6. The smallest absolute Gasteiger partial charge is 0.347 e. The number of sulfonamides is 1. The quantitative estimate of drug-likeness (QED) is 0.404. The van der Waals surface area contributed by atoms with Crippen molar-refractivity contribution in [1.82, 2.24) is 0 Å². The lowest BCUT2D eigenvalue weighted by molar-refractivity contribution is 0.0600. The predicted octanol–water partition coefficient (Wildman–Crippen LogP) is 3.45. The number of anilines is 1. The molecule has 8 nitrogen and oxygen atoms in total. The van der Waals surface area contributed by atoms with Crippen LogP contribution in [0.5, 0.6) is 11.5 Å². The molecule has 0 radical (unpaired) electrons. The van der Waals surface area contributed by atoms with Gasteiger partial charge in [0, 0.05) is 6.54 Å². The standard InChI is InChI=1S/C24H21NO7S/c1-30-22-12-11-19(33(28,29)25-14-13-16-5-3-4-6-21(16)25)15-20(22)24(27)32-18-9-7-17(8-10-18)23(26)31-2/h3-12,15H,13-14H2,1-2H3. The van der Waals surface area contributed by atoms with E-state index in [9.17, 15) is 18.0 Å². The first-order chi connectivity index (χ1) is 15.8. The van der Waals surface area contributed by atoms with Crippen molar-refractivity contribution in [3.05, 3.63) is 83.4 Å². The molecule has 0 saturated heterocycles. The Morgan fingerprint density at radius 1 is 0.909 bits per heavy atom. The highest BCUT2D eigenvalue weighted by Crippen LogP contribution is 2.34. The maximum absolute atomic E-state index is 13.3. The Labute approximate surface area is 191 Å². The van der Waals surface area contributed by atoms with Crippen molar-refractivity contribution in [2.45, 2.75) is 11.3 Å². The van der Waals surface area contributed by atoms with Crippen LogP contribution in [0.4, 0.5) is 5.69 Å². The van der Waals surface area contributed by atoms with Crippen molar-refractivity contribution in [1.29, 1.82) is 0 Å². The second-order valence-corrected chi connectivity index (χ2v) is 9.09. The lowest BCUT2D eigenvalue weighted by atomic mass is 10.2. The maximum atomic E-state index is 13.3. The number of ether oxygens (including phenoxy) is 3. The minimum absolute atomic E-state index is 0.0388. The van der Waals surface area contributed by atoms with Crippen molar-refractivity contribution in [2.24, 2.45) is 0 Å². The molecular formula is C24H21NO7S. The van der Waals surface area contributed by atoms with Crippen LogP contribution in [-0.2, 0) is 21.2 Å². The van der Waals surface area contributed by atoms with Crippen LogP contribution < -0.4 is 13.8 Å². The molecule has 0 N–H and O–H groups in total. The van der Waals surface area contributed by atoms with Gasteiger partial charge >= 0.3 is 11.9 Å². The second-order valence-electron chi connectivity index (χ2n) is 7.22. The maximum Gasteiger partial charge on any atom is 0.347 e. The Balaban J connectivity index is 1.63. The Hall–Kier alpha value is -3.85. The first kappa shape index (κ1) is 22.3. The summed E-state index contributed by atoms with van der Waals surface area (Å²) in [7, 11) is -1.26. The molecular weight excluding hydrogens is 446 g/mol. The number of nitrogens with zero attached hydrogens (tertiary/aromatic N) is 1. The van der Waals surface area contributed by atoms with Crippen LogP contribution in [0.15, 0.2) is 71.6 Å². The molecule has 33 heavy (non-hydrogen) atoms. The topological polar surface area (TPSA) is 99.2 Å². The first-order valence-corrected chi connectivity index (χ1v) is 11.5. The van der Waals surface area contributed by atoms with E-state index in [-0.39, 0.29) is 22.0 Å². The molecule has 0 aromatic heterocycles. The van der Waals surface area contributed by atoms with Gasteiger partial charge in [-0.3, -0.25) is 4.31 Å². The summed E-state index contributed by atoms with van der Waals surface area (Å²) in [6.07, 6.45) is 0.613. The van der Waals surface area contributed by atoms with E-state index in [4.69, 9.17) is 9.47 Å². The average molecular weight is 467 g/mol. The molecule has 1 heterocycles. The van der Waals surface area contributed by atoms with Gasteiger partial charge in [-0.1, -0.05) is 18.2 Å². The molecule has 9 heteroatoms. The SMILES string of the molecule is COC(=O)c1ccc(OC(=O)c2cc(S(=O)(=O)N3CCc4ccccc43)ccc2OC)cc1. The number of benzene rings is 3. The van der Waals surface area contributed by atoms with E-state index in [0.29, 0.717) is 24.2 Å². The number of methoxy groups -OCH3 is 2. The second kappa shape index (κ2) is 8.95. The molecule has 4 rings (SSSR count). The van der Waals surface area contributed by atoms with Crippen molar-refractivity contribution in [3.63, 3.8) is 0 Å². The number of rotatable bonds is 6. The highest BCUT2D eigenvalue weighted by molar-refractivity contribution is 7.92. The largest absolute Gasteiger partial charge is 0.496 e. The summed E-state index contributed by atoms with van der Waals surface area (Å²) in [5.74, 6) is -0.962. The summed E-state index contributed by atoms with van der Waals surface area (Å²) >= 11 is 0. The fourth-order valence-corrected chi connectivity index (χ4v) is 5.16. The molecule has 0 fully saturated rings. The van der Waals surface area contributed by atoms with E-state index in [0.717, 1.165) is 5.56 Å². The predicted molar refractivity (Wildman–Crippen MR) is 120 cm³/mol. The Morgan fingerprint density at radius 3 is 2.33 bits per heavy atom. The summed E-state index contributed by atoms with van der Waals surface area (Å²) < 4.78 is 43.3. The molecule has 3 aromatic carbocycles. The number of carbonyl (C=O) groups excluding carboxylic acids is 2. The molecule has 1 aliphatic heterocycles. The molecule has 1 aliphatic rings. The summed E-state index contributed by atoms with van der Waals surface area (Å²) in [4.78, 5) is 24.4. The van der Waals surface area contributed by atoms with Crippen molar-refractivity contribution in [3.8, 4) is 11.5 Å². The summed E-state index contributed by atoms with van der Waals surface area (Å²) in [5, 5.41) is 0. The zero-order valence-electron chi connectivity index (χ0n) is 18.0. The van der Waals surface area contributed by atoms with E-state index >= 15 is 0 Å². The summed E-state index contributed by atoms with van der Waals surface area (Å²) in [6.45, 7) is 0.319. The van der Waals surface area contributed by atoms with Crippen molar-refractivity contribution in [2.75, 3.05) is 25.1 Å². The molecule has 0 spiro atoms. The van der Waals surface area contributed by atoms with Gasteiger partial charge in [-0.2, -0.15) is 0 Å². The van der Waals surface area contributed by atoms with E-state index in [1.807, 2.05) is 12.1 Å². The number of hydrogen-bond donors (Lipinski definition) is 0. The first-order valence-electron chi connectivity index (χ1n) is 10.0. The van der Waals surface area contributed by atoms with Crippen LogP contribution in [0.2, 0.25) is 0 Å². The average Bonchev–Trinajstić information content (AvgIpc) is 3.28. The van der Waals surface area contributed by atoms with Crippen LogP contribution >= 0.6 is 0 Å². The third-order valence-corrected chi connectivity index (χ3v) is 7.12. The van der Waals surface area contributed by atoms with Gasteiger partial charge in [0.05, 0.1) is 30.4 Å². The van der Waals surface area contributed by atoms with Gasteiger partial charge in [0.1, 0.15) is 17.1 Å². The van der Waals surface area contributed by atoms with E-state index in [2.05, 4.69) is 4.74 Å². The normalized spacial score (nSPS) is 12.7. The number of para-hydroxylation sites is 1. The van der Waals surface area contributed by atoms with E-state index in [1.54, 1.807) is 12.1 Å². The van der Waals surface area contributed by atoms with Crippen LogP contribution in [-0.4, -0.2) is 41.1 Å². The summed E-state index contributed by atoms with van der Waals surface area (Å²) in [5.41, 5.74) is 1.84. The molecule has 3 aromatic rings. The molecule has 0 amide bonds.